The van der Waals surface area contributed by atoms with Gasteiger partial charge >= 0.3 is 12.1 Å². The monoisotopic (exact) mass is 281 g/mol. The van der Waals surface area contributed by atoms with Crippen LogP contribution in [0.15, 0.2) is 29.3 Å². The Labute approximate surface area is 117 Å². The fraction of sp³-hybridized carbons (Fsp3) is 0.308. The molecule has 20 heavy (non-hydrogen) atoms. The fourth-order valence-electron chi connectivity index (χ4n) is 1.01. The standard InChI is InChI=1S/C11H13N3O4.C2H6/c1-7(15)17-6-18-11(16)14-10(13)8-2-4-9(12)5-3-8;1-2/h2-5H,6,12H2,1H3,(H2,13,14,16);1-2H3. The number of esters is 1. The molecule has 1 aromatic carbocycles. The predicted octanol–water partition coefficient (Wildman–Crippen LogP) is 1.66. The molecular weight excluding hydrogens is 262 g/mol. The van der Waals surface area contributed by atoms with Crippen molar-refractivity contribution < 1.29 is 19.1 Å². The third-order valence-electron chi connectivity index (χ3n) is 1.86. The quantitative estimate of drug-likeness (QED) is 0.286. The lowest BCUT2D eigenvalue weighted by Crippen LogP contribution is -2.17. The molecule has 7 nitrogen and oxygen atoms in total. The van der Waals surface area contributed by atoms with E-state index in [1.807, 2.05) is 13.8 Å². The zero-order valence-electron chi connectivity index (χ0n) is 11.8. The van der Waals surface area contributed by atoms with E-state index in [0.29, 0.717) is 11.3 Å². The van der Waals surface area contributed by atoms with Crippen molar-refractivity contribution in [2.24, 2.45) is 10.7 Å². The minimum absolute atomic E-state index is 0.0113. The number of nitrogens with zero attached hydrogens (tertiary/aromatic N) is 1. The first-order valence-corrected chi connectivity index (χ1v) is 5.99. The summed E-state index contributed by atoms with van der Waals surface area (Å²) in [6.07, 6.45) is -0.939. The molecule has 1 amide bonds. The van der Waals surface area contributed by atoms with Crippen LogP contribution in [0.25, 0.3) is 0 Å². The van der Waals surface area contributed by atoms with Crippen LogP contribution in [0.2, 0.25) is 0 Å². The maximum Gasteiger partial charge on any atom is 0.438 e. The molecule has 0 bridgehead atoms. The Hall–Kier alpha value is -2.57. The number of amidine groups is 1. The van der Waals surface area contributed by atoms with Gasteiger partial charge in [-0.15, -0.1) is 0 Å². The van der Waals surface area contributed by atoms with Crippen LogP contribution < -0.4 is 11.5 Å². The van der Waals surface area contributed by atoms with Crippen LogP contribution in [-0.2, 0) is 14.3 Å². The predicted molar refractivity (Wildman–Crippen MR) is 76.0 cm³/mol. The molecule has 110 valence electrons. The van der Waals surface area contributed by atoms with Crippen LogP contribution in [0.3, 0.4) is 0 Å². The summed E-state index contributed by atoms with van der Waals surface area (Å²) < 4.78 is 8.90. The molecule has 0 aromatic heterocycles. The Morgan fingerprint density at radius 1 is 1.15 bits per heavy atom. The van der Waals surface area contributed by atoms with Gasteiger partial charge in [-0.05, 0) is 24.3 Å². The first-order valence-electron chi connectivity index (χ1n) is 5.99. The van der Waals surface area contributed by atoms with E-state index < -0.39 is 18.9 Å². The van der Waals surface area contributed by atoms with Crippen molar-refractivity contribution in [2.45, 2.75) is 20.8 Å². The maximum absolute atomic E-state index is 11.2. The molecule has 1 rings (SSSR count). The molecule has 0 saturated heterocycles. The number of amides is 1. The first kappa shape index (κ1) is 17.4. The molecule has 1 aromatic rings. The Morgan fingerprint density at radius 3 is 2.20 bits per heavy atom. The number of nitrogens with two attached hydrogens (primary N) is 2. The third-order valence-corrected chi connectivity index (χ3v) is 1.86. The smallest absolute Gasteiger partial charge is 0.428 e. The van der Waals surface area contributed by atoms with Crippen LogP contribution in [0.4, 0.5) is 10.5 Å². The van der Waals surface area contributed by atoms with E-state index in [2.05, 4.69) is 14.5 Å². The summed E-state index contributed by atoms with van der Waals surface area (Å²) in [5.74, 6) is -0.568. The third kappa shape index (κ3) is 7.00. The van der Waals surface area contributed by atoms with Gasteiger partial charge in [-0.1, -0.05) is 13.8 Å². The van der Waals surface area contributed by atoms with Gasteiger partial charge in [0, 0.05) is 18.2 Å². The highest BCUT2D eigenvalue weighted by molar-refractivity contribution is 6.02. The van der Waals surface area contributed by atoms with Gasteiger partial charge in [-0.2, -0.15) is 4.99 Å². The van der Waals surface area contributed by atoms with Crippen LogP contribution in [0.1, 0.15) is 26.3 Å². The topological polar surface area (TPSA) is 117 Å². The Kier molecular flexibility index (Phi) is 8.17. The Morgan fingerprint density at radius 2 is 1.70 bits per heavy atom. The molecule has 0 aliphatic carbocycles. The highest BCUT2D eigenvalue weighted by atomic mass is 16.7. The normalized spacial score (nSPS) is 10.1. The number of carbonyl (C=O) groups is 2. The summed E-state index contributed by atoms with van der Waals surface area (Å²) in [5, 5.41) is 0. The average Bonchev–Trinajstić information content (AvgIpc) is 2.41. The van der Waals surface area contributed by atoms with E-state index >= 15 is 0 Å². The number of ether oxygens (including phenoxy) is 2. The molecule has 7 heteroatoms. The zero-order valence-corrected chi connectivity index (χ0v) is 11.8. The van der Waals surface area contributed by atoms with Crippen LogP contribution in [0.5, 0.6) is 0 Å². The minimum atomic E-state index is -0.939. The van der Waals surface area contributed by atoms with Gasteiger partial charge in [0.15, 0.2) is 0 Å². The maximum atomic E-state index is 11.2. The summed E-state index contributed by atoms with van der Waals surface area (Å²) in [5.41, 5.74) is 12.2. The van der Waals surface area contributed by atoms with E-state index in [0.717, 1.165) is 0 Å². The van der Waals surface area contributed by atoms with Gasteiger partial charge in [0.2, 0.25) is 6.79 Å². The van der Waals surface area contributed by atoms with Crippen molar-refractivity contribution in [1.29, 1.82) is 0 Å². The number of rotatable bonds is 3. The number of benzene rings is 1. The van der Waals surface area contributed by atoms with Crippen LogP contribution in [-0.4, -0.2) is 24.7 Å². The van der Waals surface area contributed by atoms with Crippen molar-refractivity contribution in [3.63, 3.8) is 0 Å². The molecule has 0 heterocycles. The van der Waals surface area contributed by atoms with Crippen molar-refractivity contribution in [1.82, 2.24) is 0 Å². The van der Waals surface area contributed by atoms with Crippen LogP contribution in [0, 0.1) is 0 Å². The number of aliphatic imine (C=N–C) groups is 1. The van der Waals surface area contributed by atoms with Crippen molar-refractivity contribution >= 4 is 23.6 Å². The van der Waals surface area contributed by atoms with E-state index in [4.69, 9.17) is 11.5 Å². The molecule has 0 spiro atoms. The van der Waals surface area contributed by atoms with E-state index in [-0.39, 0.29) is 5.84 Å². The van der Waals surface area contributed by atoms with Crippen molar-refractivity contribution in [3.05, 3.63) is 29.8 Å². The lowest BCUT2D eigenvalue weighted by atomic mass is 10.2. The van der Waals surface area contributed by atoms with Gasteiger partial charge in [0.1, 0.15) is 5.84 Å². The van der Waals surface area contributed by atoms with Crippen molar-refractivity contribution in [3.8, 4) is 0 Å². The second kappa shape index (κ2) is 9.37. The average molecular weight is 281 g/mol. The van der Waals surface area contributed by atoms with E-state index in [1.165, 1.54) is 6.92 Å². The molecule has 0 aliphatic heterocycles. The SMILES string of the molecule is CC.CC(=O)OCOC(=O)/N=C(\N)c1ccc(N)cc1. The Balaban J connectivity index is 0.00000172. The van der Waals surface area contributed by atoms with Gasteiger partial charge in [-0.25, -0.2) is 4.79 Å². The van der Waals surface area contributed by atoms with Crippen molar-refractivity contribution in [2.75, 3.05) is 12.5 Å². The molecule has 0 aliphatic rings. The number of carbonyl (C=O) groups excluding carboxylic acids is 2. The van der Waals surface area contributed by atoms with Gasteiger partial charge in [0.25, 0.3) is 0 Å². The molecule has 0 atom stereocenters. The number of hydrogen-bond donors (Lipinski definition) is 2. The minimum Gasteiger partial charge on any atom is -0.428 e. The second-order valence-corrected chi connectivity index (χ2v) is 3.28. The molecule has 0 saturated carbocycles. The summed E-state index contributed by atoms with van der Waals surface area (Å²) in [4.78, 5) is 25.1. The fourth-order valence-corrected chi connectivity index (χ4v) is 1.01. The van der Waals surface area contributed by atoms with Gasteiger partial charge in [0.05, 0.1) is 0 Å². The summed E-state index contributed by atoms with van der Waals surface area (Å²) in [7, 11) is 0. The van der Waals surface area contributed by atoms with Gasteiger partial charge in [-0.3, -0.25) is 4.79 Å². The summed E-state index contributed by atoms with van der Waals surface area (Å²) in [6.45, 7) is 4.70. The van der Waals surface area contributed by atoms with Gasteiger partial charge < -0.3 is 20.9 Å². The Bertz CT molecular complexity index is 469. The summed E-state index contributed by atoms with van der Waals surface area (Å²) in [6, 6.07) is 6.49. The number of nitrogen functional groups attached to an aromatic ring is 1. The molecule has 0 unspecified atom stereocenters. The lowest BCUT2D eigenvalue weighted by molar-refractivity contribution is -0.148. The molecule has 0 radical (unpaired) electrons. The largest absolute Gasteiger partial charge is 0.438 e. The number of hydrogen-bond acceptors (Lipinski definition) is 5. The lowest BCUT2D eigenvalue weighted by Gasteiger charge is -2.03. The molecule has 4 N–H and O–H groups in total. The summed E-state index contributed by atoms with van der Waals surface area (Å²) >= 11 is 0. The van der Waals surface area contributed by atoms with E-state index in [9.17, 15) is 9.59 Å². The highest BCUT2D eigenvalue weighted by Crippen LogP contribution is 2.05. The number of anilines is 1. The van der Waals surface area contributed by atoms with Crippen LogP contribution >= 0.6 is 0 Å². The second-order valence-electron chi connectivity index (χ2n) is 3.28. The van der Waals surface area contributed by atoms with E-state index in [1.54, 1.807) is 24.3 Å². The highest BCUT2D eigenvalue weighted by Gasteiger charge is 2.04. The zero-order chi connectivity index (χ0) is 15.5. The molecular formula is C13H19N3O4. The first-order chi connectivity index (χ1) is 9.49. The molecule has 0 fully saturated rings.